The zero-order valence-corrected chi connectivity index (χ0v) is 11.5. The smallest absolute Gasteiger partial charge is 0.342 e. The van der Waals surface area contributed by atoms with Gasteiger partial charge in [-0.2, -0.15) is 0 Å². The number of ether oxygens (including phenoxy) is 2. The van der Waals surface area contributed by atoms with Crippen LogP contribution in [-0.2, 0) is 28.7 Å². The zero-order valence-electron chi connectivity index (χ0n) is 11.5. The van der Waals surface area contributed by atoms with E-state index in [1.54, 1.807) is 12.2 Å². The van der Waals surface area contributed by atoms with E-state index in [1.165, 1.54) is 0 Å². The molecule has 0 aromatic heterocycles. The molecule has 2 aliphatic heterocycles. The van der Waals surface area contributed by atoms with E-state index in [0.29, 0.717) is 17.6 Å². The molecule has 0 aromatic rings. The van der Waals surface area contributed by atoms with Crippen molar-refractivity contribution in [3.05, 3.63) is 35.5 Å². The molecule has 4 atom stereocenters. The lowest BCUT2D eigenvalue weighted by Gasteiger charge is -2.35. The zero-order chi connectivity index (χ0) is 15.4. The minimum atomic E-state index is -0.650. The van der Waals surface area contributed by atoms with Crippen molar-refractivity contribution in [2.75, 3.05) is 0 Å². The maximum atomic E-state index is 11.9. The molecule has 0 N–H and O–H groups in total. The minimum Gasteiger partial charge on any atom is -0.393 e. The van der Waals surface area contributed by atoms with Crippen LogP contribution in [0.2, 0.25) is 0 Å². The van der Waals surface area contributed by atoms with E-state index in [9.17, 15) is 19.2 Å². The number of cyclic esters (lactones) is 4. The number of allylic oxidation sites excluding steroid dienone is 5. The summed E-state index contributed by atoms with van der Waals surface area (Å²) in [5.41, 5.74) is 1.11. The number of esters is 4. The molecule has 6 heteroatoms. The minimum absolute atomic E-state index is 0.0237. The third kappa shape index (κ3) is 1.73. The molecular weight excluding hydrogens is 288 g/mol. The fraction of sp³-hybridized carbons (Fsp3) is 0.375. The quantitative estimate of drug-likeness (QED) is 0.526. The maximum absolute atomic E-state index is 11.9. The van der Waals surface area contributed by atoms with Gasteiger partial charge in [0.05, 0.1) is 23.8 Å². The Labute approximate surface area is 125 Å². The number of carbonyl (C=O) groups is 4. The van der Waals surface area contributed by atoms with E-state index >= 15 is 0 Å². The van der Waals surface area contributed by atoms with Gasteiger partial charge >= 0.3 is 23.9 Å². The second-order valence-corrected chi connectivity index (χ2v) is 5.90. The first-order valence-corrected chi connectivity index (χ1v) is 7.15. The first kappa shape index (κ1) is 13.2. The molecule has 0 saturated carbocycles. The first-order chi connectivity index (χ1) is 10.6. The molecule has 6 nitrogen and oxygen atoms in total. The summed E-state index contributed by atoms with van der Waals surface area (Å²) in [6.45, 7) is 0. The molecular formula is C16H12O6. The van der Waals surface area contributed by atoms with Crippen molar-refractivity contribution in [2.24, 2.45) is 23.7 Å². The summed E-state index contributed by atoms with van der Waals surface area (Å²) in [5.74, 6) is -3.90. The van der Waals surface area contributed by atoms with Crippen LogP contribution in [0.1, 0.15) is 12.8 Å². The number of fused-ring (bicyclic) bond motifs is 2. The summed E-state index contributed by atoms with van der Waals surface area (Å²) in [4.78, 5) is 47.1. The van der Waals surface area contributed by atoms with Gasteiger partial charge in [0.2, 0.25) is 0 Å². The highest BCUT2D eigenvalue weighted by Gasteiger charge is 2.52. The lowest BCUT2D eigenvalue weighted by Crippen LogP contribution is -2.35. The standard InChI is InChI=1S/C16H12O6/c17-12-6-10(14(18)21-12)9-5-11-13(16(20)22-15(11)19)8-4-2-1-3-7(8)9/h1-4,7,9-11H,5-6H2. The van der Waals surface area contributed by atoms with Crippen LogP contribution >= 0.6 is 0 Å². The molecule has 0 radical (unpaired) electrons. The van der Waals surface area contributed by atoms with Crippen LogP contribution in [0.25, 0.3) is 0 Å². The molecule has 2 fully saturated rings. The van der Waals surface area contributed by atoms with Crippen molar-refractivity contribution in [2.45, 2.75) is 12.8 Å². The fourth-order valence-electron chi connectivity index (χ4n) is 3.86. The Morgan fingerprint density at radius 3 is 2.55 bits per heavy atom. The van der Waals surface area contributed by atoms with E-state index < -0.39 is 35.7 Å². The van der Waals surface area contributed by atoms with Crippen molar-refractivity contribution in [3.8, 4) is 0 Å². The highest BCUT2D eigenvalue weighted by molar-refractivity contribution is 6.08. The lowest BCUT2D eigenvalue weighted by atomic mass is 9.65. The lowest BCUT2D eigenvalue weighted by molar-refractivity contribution is -0.156. The second-order valence-electron chi connectivity index (χ2n) is 5.90. The van der Waals surface area contributed by atoms with Gasteiger partial charge in [0, 0.05) is 5.92 Å². The van der Waals surface area contributed by atoms with Crippen LogP contribution in [0.5, 0.6) is 0 Å². The van der Waals surface area contributed by atoms with Crippen LogP contribution in [0.15, 0.2) is 35.5 Å². The first-order valence-electron chi connectivity index (χ1n) is 7.15. The van der Waals surface area contributed by atoms with Gasteiger partial charge in [0.1, 0.15) is 0 Å². The molecule has 4 unspecified atom stereocenters. The summed E-state index contributed by atoms with van der Waals surface area (Å²) < 4.78 is 9.39. The predicted octanol–water partition coefficient (Wildman–Crippen LogP) is 0.834. The molecule has 22 heavy (non-hydrogen) atoms. The molecule has 4 aliphatic rings. The summed E-state index contributed by atoms with van der Waals surface area (Å²) >= 11 is 0. The Morgan fingerprint density at radius 2 is 1.82 bits per heavy atom. The summed E-state index contributed by atoms with van der Waals surface area (Å²) in [6, 6.07) is 0. The van der Waals surface area contributed by atoms with Crippen LogP contribution < -0.4 is 0 Å². The van der Waals surface area contributed by atoms with Crippen LogP contribution in [0.3, 0.4) is 0 Å². The van der Waals surface area contributed by atoms with Gasteiger partial charge in [0.15, 0.2) is 0 Å². The third-order valence-electron chi connectivity index (χ3n) is 4.81. The van der Waals surface area contributed by atoms with Gasteiger partial charge in [-0.25, -0.2) is 4.79 Å². The Balaban J connectivity index is 1.79. The Morgan fingerprint density at radius 1 is 1.00 bits per heavy atom. The molecule has 0 amide bonds. The third-order valence-corrected chi connectivity index (χ3v) is 4.81. The van der Waals surface area contributed by atoms with Crippen molar-refractivity contribution in [3.63, 3.8) is 0 Å². The Bertz CT molecular complexity index is 710. The van der Waals surface area contributed by atoms with Crippen molar-refractivity contribution in [1.82, 2.24) is 0 Å². The largest absolute Gasteiger partial charge is 0.393 e. The monoisotopic (exact) mass is 300 g/mol. The number of rotatable bonds is 1. The van der Waals surface area contributed by atoms with Crippen molar-refractivity contribution < 1.29 is 28.7 Å². The summed E-state index contributed by atoms with van der Waals surface area (Å²) in [5, 5.41) is 0. The van der Waals surface area contributed by atoms with Gasteiger partial charge in [0.25, 0.3) is 0 Å². The summed E-state index contributed by atoms with van der Waals surface area (Å²) in [7, 11) is 0. The molecule has 2 aliphatic carbocycles. The molecule has 2 saturated heterocycles. The van der Waals surface area contributed by atoms with Gasteiger partial charge < -0.3 is 9.47 Å². The number of hydrogen-bond donors (Lipinski definition) is 0. The van der Waals surface area contributed by atoms with Gasteiger partial charge in [-0.1, -0.05) is 24.3 Å². The number of hydrogen-bond acceptors (Lipinski definition) is 6. The predicted molar refractivity (Wildman–Crippen MR) is 70.7 cm³/mol. The van der Waals surface area contributed by atoms with E-state index in [2.05, 4.69) is 4.74 Å². The van der Waals surface area contributed by atoms with E-state index in [0.717, 1.165) is 0 Å². The molecule has 0 spiro atoms. The van der Waals surface area contributed by atoms with Crippen LogP contribution in [0, 0.1) is 23.7 Å². The van der Waals surface area contributed by atoms with Gasteiger partial charge in [-0.15, -0.1) is 0 Å². The average molecular weight is 300 g/mol. The SMILES string of the molecule is O=C1CC(C2CC3C(=O)OC(=O)C3=C3C=CC=CC32)C(=O)O1. The average Bonchev–Trinajstić information content (AvgIpc) is 2.97. The fourth-order valence-corrected chi connectivity index (χ4v) is 3.86. The highest BCUT2D eigenvalue weighted by Crippen LogP contribution is 2.49. The van der Waals surface area contributed by atoms with Gasteiger partial charge in [-0.3, -0.25) is 14.4 Å². The topological polar surface area (TPSA) is 86.7 Å². The summed E-state index contributed by atoms with van der Waals surface area (Å²) in [6.07, 6.45) is 7.64. The Kier molecular flexibility index (Phi) is 2.69. The van der Waals surface area contributed by atoms with Crippen molar-refractivity contribution in [1.29, 1.82) is 0 Å². The maximum Gasteiger partial charge on any atom is 0.342 e. The van der Waals surface area contributed by atoms with Crippen molar-refractivity contribution >= 4 is 23.9 Å². The van der Waals surface area contributed by atoms with E-state index in [-0.39, 0.29) is 18.3 Å². The molecule has 4 rings (SSSR count). The van der Waals surface area contributed by atoms with E-state index in [4.69, 9.17) is 4.74 Å². The van der Waals surface area contributed by atoms with Crippen LogP contribution in [0.4, 0.5) is 0 Å². The molecule has 0 bridgehead atoms. The van der Waals surface area contributed by atoms with Gasteiger partial charge in [-0.05, 0) is 17.9 Å². The highest BCUT2D eigenvalue weighted by atomic mass is 16.6. The van der Waals surface area contributed by atoms with E-state index in [1.807, 2.05) is 12.2 Å². The number of carbonyl (C=O) groups excluding carboxylic acids is 4. The molecule has 2 heterocycles. The Hall–Kier alpha value is -2.50. The normalized spacial score (nSPS) is 36.4. The van der Waals surface area contributed by atoms with Crippen LogP contribution in [-0.4, -0.2) is 23.9 Å². The second kappa shape index (κ2) is 4.50. The molecule has 0 aromatic carbocycles. The molecule has 112 valence electrons.